The molecule has 6 aliphatic rings. The summed E-state index contributed by atoms with van der Waals surface area (Å²) in [5, 5.41) is 0. The fourth-order valence-electron chi connectivity index (χ4n) is 8.30. The molecule has 1 atom stereocenters. The molecule has 1 unspecified atom stereocenters. The van der Waals surface area contributed by atoms with Gasteiger partial charge in [-0.25, -0.2) is 0 Å². The summed E-state index contributed by atoms with van der Waals surface area (Å²) in [6.07, 6.45) is 43.8. The average molecular weight is 641 g/mol. The summed E-state index contributed by atoms with van der Waals surface area (Å²) in [7, 11) is 0. The molecule has 0 saturated carbocycles. The van der Waals surface area contributed by atoms with Crippen molar-refractivity contribution in [2.45, 2.75) is 83.0 Å². The van der Waals surface area contributed by atoms with Gasteiger partial charge in [-0.3, -0.25) is 0 Å². The molecule has 0 saturated heterocycles. The zero-order chi connectivity index (χ0) is 33.0. The predicted octanol–water partition coefficient (Wildman–Crippen LogP) is 12.8. The third-order valence-corrected chi connectivity index (χ3v) is 11.0. The van der Waals surface area contributed by atoms with Crippen LogP contribution in [0.4, 0.5) is 11.4 Å². The maximum atomic E-state index is 4.35. The van der Waals surface area contributed by atoms with Crippen LogP contribution in [-0.4, -0.2) is 0 Å². The largest absolute Gasteiger partial charge is 0.318 e. The zero-order valence-corrected chi connectivity index (χ0v) is 28.8. The first-order valence-electron chi connectivity index (χ1n) is 18.6. The van der Waals surface area contributed by atoms with Crippen LogP contribution in [-0.2, 0) is 0 Å². The molecule has 0 fully saturated rings. The molecule has 2 aromatic carbocycles. The fourth-order valence-corrected chi connectivity index (χ4v) is 8.30. The molecular weight excluding hydrogens is 593 g/mol. The Labute approximate surface area is 293 Å². The summed E-state index contributed by atoms with van der Waals surface area (Å²) in [4.78, 5) is 4.87. The van der Waals surface area contributed by atoms with E-state index in [4.69, 9.17) is 0 Å². The van der Waals surface area contributed by atoms with Gasteiger partial charge in [-0.2, -0.15) is 0 Å². The van der Waals surface area contributed by atoms with Crippen LogP contribution in [0.1, 0.15) is 94.1 Å². The smallest absolute Gasteiger partial charge is 0.0490 e. The minimum Gasteiger partial charge on any atom is -0.318 e. The van der Waals surface area contributed by atoms with E-state index in [-0.39, 0.29) is 0 Å². The van der Waals surface area contributed by atoms with E-state index in [0.29, 0.717) is 5.92 Å². The highest BCUT2D eigenvalue weighted by molar-refractivity contribution is 5.74. The van der Waals surface area contributed by atoms with Crippen LogP contribution >= 0.6 is 0 Å². The zero-order valence-electron chi connectivity index (χ0n) is 28.8. The molecule has 0 radical (unpaired) electrons. The van der Waals surface area contributed by atoms with E-state index in [2.05, 4.69) is 144 Å². The lowest BCUT2D eigenvalue weighted by Gasteiger charge is -2.32. The molecule has 2 aromatic rings. The van der Waals surface area contributed by atoms with Crippen molar-refractivity contribution in [3.8, 4) is 0 Å². The highest BCUT2D eigenvalue weighted by atomic mass is 15.2. The second kappa shape index (κ2) is 14.3. The molecule has 1 aliphatic heterocycles. The van der Waals surface area contributed by atoms with Crippen LogP contribution in [0.25, 0.3) is 5.57 Å². The van der Waals surface area contributed by atoms with Crippen molar-refractivity contribution in [1.82, 2.24) is 0 Å². The van der Waals surface area contributed by atoms with Gasteiger partial charge in [-0.15, -0.1) is 0 Å². The number of nitrogens with zero attached hydrogens (tertiary/aromatic N) is 2. The van der Waals surface area contributed by atoms with Crippen LogP contribution < -0.4 is 9.80 Å². The lowest BCUT2D eigenvalue weighted by atomic mass is 9.89. The van der Waals surface area contributed by atoms with E-state index in [9.17, 15) is 0 Å². The van der Waals surface area contributed by atoms with Gasteiger partial charge in [0, 0.05) is 47.0 Å². The molecular formula is C47H48N2. The number of anilines is 2. The minimum atomic E-state index is 0.549. The molecule has 0 N–H and O–H groups in total. The number of allylic oxidation sites excluding steroid dienone is 18. The summed E-state index contributed by atoms with van der Waals surface area (Å²) < 4.78 is 0. The number of benzene rings is 2. The standard InChI is InChI=1S/C47H48N2/c1-35-12-10-11-33-48(47-18-9-8-17-46(35)47)42-26-19-39(20-27-42)40-23-30-44(31-24-40)49(45-32-25-41(34-45)37-15-6-3-7-16-37)43-28-21-38(22-29-43)36-13-4-2-5-14-36/h4,9-13,15,18-23,25-30,32-33,36H,1-3,5-8,14,16-17,24,31,34H2/b12-10-,33-11-. The molecule has 8 rings (SSSR count). The van der Waals surface area contributed by atoms with Crippen molar-refractivity contribution in [3.63, 3.8) is 0 Å². The molecule has 5 aliphatic carbocycles. The van der Waals surface area contributed by atoms with Gasteiger partial charge >= 0.3 is 0 Å². The van der Waals surface area contributed by atoms with Crippen molar-refractivity contribution in [3.05, 3.63) is 185 Å². The summed E-state index contributed by atoms with van der Waals surface area (Å²) in [6.45, 7) is 4.35. The third kappa shape index (κ3) is 6.75. The van der Waals surface area contributed by atoms with Crippen molar-refractivity contribution >= 4 is 16.9 Å². The number of rotatable bonds is 7. The van der Waals surface area contributed by atoms with Crippen molar-refractivity contribution < 1.29 is 0 Å². The van der Waals surface area contributed by atoms with Crippen molar-refractivity contribution in [2.75, 3.05) is 9.80 Å². The lowest BCUT2D eigenvalue weighted by molar-refractivity contribution is 0.654. The van der Waals surface area contributed by atoms with Gasteiger partial charge in [0.25, 0.3) is 0 Å². The van der Waals surface area contributed by atoms with Gasteiger partial charge in [0.15, 0.2) is 0 Å². The predicted molar refractivity (Wildman–Crippen MR) is 209 cm³/mol. The molecule has 0 amide bonds. The van der Waals surface area contributed by atoms with Gasteiger partial charge in [0.05, 0.1) is 0 Å². The monoisotopic (exact) mass is 640 g/mol. The lowest BCUT2D eigenvalue weighted by Crippen LogP contribution is -2.22. The van der Waals surface area contributed by atoms with Crippen LogP contribution in [0, 0.1) is 0 Å². The van der Waals surface area contributed by atoms with E-state index in [1.807, 2.05) is 0 Å². The average Bonchev–Trinajstić information content (AvgIpc) is 3.65. The van der Waals surface area contributed by atoms with E-state index < -0.39 is 0 Å². The molecule has 49 heavy (non-hydrogen) atoms. The third-order valence-electron chi connectivity index (χ3n) is 11.0. The quantitative estimate of drug-likeness (QED) is 0.278. The second-order valence-electron chi connectivity index (χ2n) is 14.2. The van der Waals surface area contributed by atoms with Crippen LogP contribution in [0.5, 0.6) is 0 Å². The van der Waals surface area contributed by atoms with E-state index in [1.165, 1.54) is 101 Å². The summed E-state index contributed by atoms with van der Waals surface area (Å²) in [5.74, 6) is 0.549. The molecule has 246 valence electrons. The van der Waals surface area contributed by atoms with Crippen LogP contribution in [0.2, 0.25) is 0 Å². The Morgan fingerprint density at radius 3 is 2.31 bits per heavy atom. The molecule has 1 heterocycles. The molecule has 0 aromatic heterocycles. The Morgan fingerprint density at radius 2 is 1.53 bits per heavy atom. The first kappa shape index (κ1) is 31.4. The van der Waals surface area contributed by atoms with Crippen LogP contribution in [0.3, 0.4) is 0 Å². The summed E-state index contributed by atoms with van der Waals surface area (Å²) >= 11 is 0. The van der Waals surface area contributed by atoms with Gasteiger partial charge in [0.2, 0.25) is 0 Å². The Hall–Kier alpha value is -4.82. The minimum absolute atomic E-state index is 0.549. The second-order valence-corrected chi connectivity index (χ2v) is 14.2. The summed E-state index contributed by atoms with van der Waals surface area (Å²) in [6, 6.07) is 18.6. The fraction of sp³-hybridized carbons (Fsp3) is 0.277. The molecule has 2 heteroatoms. The number of hydrogen-bond donors (Lipinski definition) is 0. The van der Waals surface area contributed by atoms with Gasteiger partial charge in [0.1, 0.15) is 0 Å². The van der Waals surface area contributed by atoms with E-state index in [1.54, 1.807) is 5.57 Å². The number of hydrogen-bond acceptors (Lipinski definition) is 2. The van der Waals surface area contributed by atoms with Crippen LogP contribution in [0.15, 0.2) is 174 Å². The first-order valence-corrected chi connectivity index (χ1v) is 18.6. The van der Waals surface area contributed by atoms with Gasteiger partial charge < -0.3 is 9.80 Å². The normalized spacial score (nSPS) is 23.4. The van der Waals surface area contributed by atoms with E-state index in [0.717, 1.165) is 37.7 Å². The molecule has 2 nitrogen and oxygen atoms in total. The highest BCUT2D eigenvalue weighted by Gasteiger charge is 2.25. The summed E-state index contributed by atoms with van der Waals surface area (Å²) in [5.41, 5.74) is 16.1. The Balaban J connectivity index is 1.05. The Kier molecular flexibility index (Phi) is 9.21. The van der Waals surface area contributed by atoms with Crippen molar-refractivity contribution in [1.29, 1.82) is 0 Å². The molecule has 0 spiro atoms. The highest BCUT2D eigenvalue weighted by Crippen LogP contribution is 2.41. The SMILES string of the molecule is C=C1/C=C\C=C/N(c2ccc(C3=CC=C(N(C4=CC=C(C5=CCCCC5)C4)c4ccc(C5C=CCCC5)cc4)CC3)cc2)C2=C1CCC=C2. The first-order chi connectivity index (χ1) is 24.2. The molecule has 0 bridgehead atoms. The Morgan fingerprint density at radius 1 is 0.673 bits per heavy atom. The van der Waals surface area contributed by atoms with Gasteiger partial charge in [-0.05, 0) is 158 Å². The van der Waals surface area contributed by atoms with Crippen molar-refractivity contribution in [2.24, 2.45) is 0 Å². The Bertz CT molecular complexity index is 1910. The topological polar surface area (TPSA) is 6.48 Å². The van der Waals surface area contributed by atoms with E-state index >= 15 is 0 Å². The van der Waals surface area contributed by atoms with Gasteiger partial charge in [-0.1, -0.05) is 79.5 Å². The maximum Gasteiger partial charge on any atom is 0.0490 e. The maximum absolute atomic E-state index is 4.35.